The lowest BCUT2D eigenvalue weighted by Crippen LogP contribution is -1.99. The van der Waals surface area contributed by atoms with Gasteiger partial charge >= 0.3 is 8.03 Å². The Labute approximate surface area is 100 Å². The van der Waals surface area contributed by atoms with Crippen molar-refractivity contribution in [2.75, 3.05) is 0 Å². The lowest BCUT2D eigenvalue weighted by molar-refractivity contribution is 0.223. The first kappa shape index (κ1) is 16.0. The van der Waals surface area contributed by atoms with Gasteiger partial charge in [-0.3, -0.25) is 0 Å². The summed E-state index contributed by atoms with van der Waals surface area (Å²) in [5.41, 5.74) is 0. The van der Waals surface area contributed by atoms with E-state index in [4.69, 9.17) is 10.00 Å². The summed E-state index contributed by atoms with van der Waals surface area (Å²) < 4.78 is 10.5. The Kier molecular flexibility index (Phi) is 11.5. The van der Waals surface area contributed by atoms with Crippen molar-refractivity contribution in [2.45, 2.75) is 77.0 Å². The molecule has 0 aliphatic carbocycles. The van der Waals surface area contributed by atoms with Gasteiger partial charge in [0.05, 0.1) is 0 Å². The Balaban J connectivity index is 3.07. The third kappa shape index (κ3) is 10.5. The minimum atomic E-state index is -2.39. The topological polar surface area (TPSA) is 57.5 Å². The van der Waals surface area contributed by atoms with Crippen molar-refractivity contribution in [3.8, 4) is 0 Å². The van der Waals surface area contributed by atoms with Crippen LogP contribution in [0.15, 0.2) is 0 Å². The zero-order valence-corrected chi connectivity index (χ0v) is 11.3. The molecule has 0 aromatic rings. The van der Waals surface area contributed by atoms with Crippen LogP contribution in [0.3, 0.4) is 0 Å². The van der Waals surface area contributed by atoms with Gasteiger partial charge in [0, 0.05) is 6.42 Å². The minimum absolute atomic E-state index is 0.460. The van der Waals surface area contributed by atoms with Gasteiger partial charge in [-0.15, -0.1) is 0 Å². The van der Waals surface area contributed by atoms with Gasteiger partial charge in [-0.25, -0.2) is 0 Å². The van der Waals surface area contributed by atoms with Crippen molar-refractivity contribution in [3.63, 3.8) is 0 Å². The van der Waals surface area contributed by atoms with Crippen LogP contribution in [0.4, 0.5) is 0 Å². The van der Waals surface area contributed by atoms with Crippen molar-refractivity contribution in [3.05, 3.63) is 0 Å². The maximum atomic E-state index is 10.5. The van der Waals surface area contributed by atoms with Crippen LogP contribution in [0.25, 0.3) is 0 Å². The van der Waals surface area contributed by atoms with Crippen molar-refractivity contribution >= 4 is 8.03 Å². The minimum Gasteiger partial charge on any atom is -0.349 e. The molecule has 4 heteroatoms. The molecule has 0 saturated heterocycles. The van der Waals surface area contributed by atoms with Crippen LogP contribution in [-0.4, -0.2) is 15.8 Å². The SMILES string of the molecule is CCCCCCCCCCCC(O)[P+](=O)O. The van der Waals surface area contributed by atoms with Crippen LogP contribution in [0, 0.1) is 0 Å². The third-order valence-corrected chi connectivity index (χ3v) is 3.59. The number of aliphatic hydroxyl groups is 1. The van der Waals surface area contributed by atoms with Gasteiger partial charge in [0.25, 0.3) is 5.85 Å². The second kappa shape index (κ2) is 11.5. The molecule has 0 saturated carbocycles. The Morgan fingerprint density at radius 1 is 0.938 bits per heavy atom. The van der Waals surface area contributed by atoms with Gasteiger partial charge in [-0.1, -0.05) is 58.3 Å². The summed E-state index contributed by atoms with van der Waals surface area (Å²) in [7, 11) is -2.39. The summed E-state index contributed by atoms with van der Waals surface area (Å²) in [6, 6.07) is 0. The third-order valence-electron chi connectivity index (χ3n) is 2.82. The van der Waals surface area contributed by atoms with Crippen molar-refractivity contribution < 1.29 is 14.6 Å². The first-order valence-electron chi connectivity index (χ1n) is 6.51. The Bertz CT molecular complexity index is 174. The van der Waals surface area contributed by atoms with E-state index in [-0.39, 0.29) is 0 Å². The summed E-state index contributed by atoms with van der Waals surface area (Å²) in [6.45, 7) is 2.22. The van der Waals surface area contributed by atoms with Crippen molar-refractivity contribution in [1.29, 1.82) is 0 Å². The molecule has 0 rings (SSSR count). The molecule has 16 heavy (non-hydrogen) atoms. The number of rotatable bonds is 11. The average molecular weight is 249 g/mol. The van der Waals surface area contributed by atoms with Crippen LogP contribution in [-0.2, 0) is 4.57 Å². The van der Waals surface area contributed by atoms with E-state index in [1.54, 1.807) is 0 Å². The van der Waals surface area contributed by atoms with E-state index < -0.39 is 13.9 Å². The lowest BCUT2D eigenvalue weighted by Gasteiger charge is -2.01. The maximum absolute atomic E-state index is 10.5. The van der Waals surface area contributed by atoms with Crippen LogP contribution >= 0.6 is 8.03 Å². The molecule has 0 radical (unpaired) electrons. The zero-order valence-electron chi connectivity index (χ0n) is 10.4. The Morgan fingerprint density at radius 3 is 1.81 bits per heavy atom. The molecule has 0 aromatic heterocycles. The highest BCUT2D eigenvalue weighted by Crippen LogP contribution is 2.24. The summed E-state index contributed by atoms with van der Waals surface area (Å²) in [5.74, 6) is -1.01. The van der Waals surface area contributed by atoms with Crippen molar-refractivity contribution in [1.82, 2.24) is 0 Å². The number of unbranched alkanes of at least 4 members (excludes halogenated alkanes) is 8. The van der Waals surface area contributed by atoms with Gasteiger partial charge in [0.15, 0.2) is 0 Å². The second-order valence-electron chi connectivity index (χ2n) is 4.40. The summed E-state index contributed by atoms with van der Waals surface area (Å²) in [6.07, 6.45) is 11.4. The quantitative estimate of drug-likeness (QED) is 0.430. The van der Waals surface area contributed by atoms with E-state index in [9.17, 15) is 4.57 Å². The highest BCUT2D eigenvalue weighted by atomic mass is 31.1. The molecule has 2 unspecified atom stereocenters. The van der Waals surface area contributed by atoms with Gasteiger partial charge < -0.3 is 5.11 Å². The van der Waals surface area contributed by atoms with Gasteiger partial charge in [-0.2, -0.15) is 4.89 Å². The van der Waals surface area contributed by atoms with Crippen LogP contribution in [0.2, 0.25) is 0 Å². The highest BCUT2D eigenvalue weighted by molar-refractivity contribution is 7.38. The van der Waals surface area contributed by atoms with Crippen LogP contribution in [0.5, 0.6) is 0 Å². The van der Waals surface area contributed by atoms with E-state index in [2.05, 4.69) is 6.92 Å². The Morgan fingerprint density at radius 2 is 1.38 bits per heavy atom. The summed E-state index contributed by atoms with van der Waals surface area (Å²) >= 11 is 0. The molecule has 0 amide bonds. The normalized spacial score (nSPS) is 13.8. The van der Waals surface area contributed by atoms with Gasteiger partial charge in [0.1, 0.15) is 0 Å². The summed E-state index contributed by atoms with van der Waals surface area (Å²) in [4.78, 5) is 8.60. The molecule has 96 valence electrons. The molecule has 0 fully saturated rings. The standard InChI is InChI=1S/C12H25O3P/c1-2-3-4-5-6-7-8-9-10-11-12(13)16(14)15/h12-13H,2-11H2,1H3/p+1. The number of aliphatic hydroxyl groups excluding tert-OH is 1. The number of hydrogen-bond acceptors (Lipinski definition) is 2. The van der Waals surface area contributed by atoms with Gasteiger partial charge in [-0.05, 0) is 11.0 Å². The average Bonchev–Trinajstić information content (AvgIpc) is 2.26. The predicted molar refractivity (Wildman–Crippen MR) is 67.7 cm³/mol. The van der Waals surface area contributed by atoms with E-state index in [1.807, 2.05) is 0 Å². The molecular weight excluding hydrogens is 223 g/mol. The zero-order chi connectivity index (χ0) is 12.2. The molecule has 0 bridgehead atoms. The molecule has 2 atom stereocenters. The molecule has 0 aliphatic rings. The molecule has 0 aliphatic heterocycles. The first-order chi connectivity index (χ1) is 7.68. The smallest absolute Gasteiger partial charge is 0.349 e. The van der Waals surface area contributed by atoms with E-state index in [0.717, 1.165) is 12.8 Å². The highest BCUT2D eigenvalue weighted by Gasteiger charge is 2.24. The molecule has 2 N–H and O–H groups in total. The molecule has 3 nitrogen and oxygen atoms in total. The van der Waals surface area contributed by atoms with E-state index in [0.29, 0.717) is 6.42 Å². The monoisotopic (exact) mass is 249 g/mol. The van der Waals surface area contributed by atoms with Crippen molar-refractivity contribution in [2.24, 2.45) is 0 Å². The fraction of sp³-hybridized carbons (Fsp3) is 1.00. The maximum Gasteiger partial charge on any atom is 0.537 e. The second-order valence-corrected chi connectivity index (χ2v) is 5.60. The van der Waals surface area contributed by atoms with Gasteiger partial charge in [0.2, 0.25) is 0 Å². The number of hydrogen-bond donors (Lipinski definition) is 2. The van der Waals surface area contributed by atoms with Crippen LogP contribution in [0.1, 0.15) is 71.1 Å². The Hall–Kier alpha value is 0.0200. The first-order valence-corrected chi connectivity index (χ1v) is 7.80. The lowest BCUT2D eigenvalue weighted by atomic mass is 10.1. The van der Waals surface area contributed by atoms with Crippen LogP contribution < -0.4 is 0 Å². The van der Waals surface area contributed by atoms with E-state index >= 15 is 0 Å². The largest absolute Gasteiger partial charge is 0.537 e. The molecule has 0 aromatic carbocycles. The fourth-order valence-corrected chi connectivity index (χ4v) is 2.15. The molecular formula is C12H26O3P+. The molecule has 0 spiro atoms. The summed E-state index contributed by atoms with van der Waals surface area (Å²) in [5, 5.41) is 9.09. The predicted octanol–water partition coefficient (Wildman–Crippen LogP) is 3.96. The molecule has 0 heterocycles. The fourth-order valence-electron chi connectivity index (χ4n) is 1.75. The van der Waals surface area contributed by atoms with E-state index in [1.165, 1.54) is 44.9 Å².